The molecule has 0 amide bonds. The molecule has 2 rings (SSSR count). The van der Waals surface area contributed by atoms with Gasteiger partial charge >= 0.3 is 0 Å². The molecular formula is C11H8N2O2S. The van der Waals surface area contributed by atoms with E-state index in [2.05, 4.69) is 0 Å². The molecule has 0 bridgehead atoms. The third-order valence-corrected chi connectivity index (χ3v) is 3.25. The minimum atomic E-state index is -3.73. The highest BCUT2D eigenvalue weighted by atomic mass is 32.2. The molecule has 0 heterocycles. The number of benzene rings is 2. The van der Waals surface area contributed by atoms with Crippen LogP contribution in [0.25, 0.3) is 10.8 Å². The molecule has 4 nitrogen and oxygen atoms in total. The van der Waals surface area contributed by atoms with E-state index < -0.39 is 10.0 Å². The maximum atomic E-state index is 11.3. The second-order valence-corrected chi connectivity index (χ2v) is 4.88. The molecule has 0 atom stereocenters. The summed E-state index contributed by atoms with van der Waals surface area (Å²) in [5, 5.41) is 15.1. The monoisotopic (exact) mass is 232 g/mol. The van der Waals surface area contributed by atoms with E-state index in [0.717, 1.165) is 0 Å². The van der Waals surface area contributed by atoms with Crippen molar-refractivity contribution in [1.82, 2.24) is 0 Å². The van der Waals surface area contributed by atoms with E-state index >= 15 is 0 Å². The zero-order valence-electron chi connectivity index (χ0n) is 8.21. The standard InChI is InChI=1S/C11H8N2O2S/c12-7-8-4-5-10-9(6-8)2-1-3-11(10)16(13,14)15/h1-6H,(H2,13,14,15). The Hall–Kier alpha value is -1.90. The van der Waals surface area contributed by atoms with E-state index in [0.29, 0.717) is 16.3 Å². The van der Waals surface area contributed by atoms with Crippen molar-refractivity contribution >= 4 is 20.8 Å². The number of nitriles is 1. The number of nitrogens with zero attached hydrogens (tertiary/aromatic N) is 1. The molecule has 16 heavy (non-hydrogen) atoms. The van der Waals surface area contributed by atoms with Gasteiger partial charge in [-0.15, -0.1) is 0 Å². The van der Waals surface area contributed by atoms with Crippen LogP contribution >= 0.6 is 0 Å². The fraction of sp³-hybridized carbons (Fsp3) is 0. The van der Waals surface area contributed by atoms with Gasteiger partial charge in [-0.05, 0) is 23.6 Å². The maximum absolute atomic E-state index is 11.3. The molecule has 2 N–H and O–H groups in total. The Balaban J connectivity index is 2.87. The van der Waals surface area contributed by atoms with Gasteiger partial charge in [-0.3, -0.25) is 0 Å². The Bertz CT molecular complexity index is 699. The molecule has 0 aromatic heterocycles. The first-order valence-corrected chi connectivity index (χ1v) is 6.03. The molecule has 0 unspecified atom stereocenters. The lowest BCUT2D eigenvalue weighted by Gasteiger charge is -2.04. The topological polar surface area (TPSA) is 83.9 Å². The molecule has 2 aromatic rings. The molecule has 0 aliphatic heterocycles. The third-order valence-electron chi connectivity index (χ3n) is 2.28. The van der Waals surface area contributed by atoms with Crippen molar-refractivity contribution in [3.8, 4) is 6.07 Å². The highest BCUT2D eigenvalue weighted by Gasteiger charge is 2.11. The summed E-state index contributed by atoms with van der Waals surface area (Å²) < 4.78 is 22.6. The van der Waals surface area contributed by atoms with Crippen molar-refractivity contribution in [3.63, 3.8) is 0 Å². The van der Waals surface area contributed by atoms with Gasteiger partial charge in [0, 0.05) is 5.39 Å². The molecule has 5 heteroatoms. The van der Waals surface area contributed by atoms with Gasteiger partial charge in [0.25, 0.3) is 0 Å². The average Bonchev–Trinajstić information content (AvgIpc) is 2.26. The summed E-state index contributed by atoms with van der Waals surface area (Å²) >= 11 is 0. The molecule has 0 radical (unpaired) electrons. The molecule has 0 fully saturated rings. The van der Waals surface area contributed by atoms with Crippen LogP contribution in [-0.4, -0.2) is 8.42 Å². The Morgan fingerprint density at radius 3 is 2.56 bits per heavy atom. The molecule has 0 aliphatic rings. The van der Waals surface area contributed by atoms with Crippen LogP contribution in [0, 0.1) is 11.3 Å². The summed E-state index contributed by atoms with van der Waals surface area (Å²) in [6.45, 7) is 0. The van der Waals surface area contributed by atoms with E-state index in [1.807, 2.05) is 6.07 Å². The van der Waals surface area contributed by atoms with Gasteiger partial charge in [-0.1, -0.05) is 18.2 Å². The molecule has 2 aromatic carbocycles. The first-order valence-electron chi connectivity index (χ1n) is 4.48. The lowest BCUT2D eigenvalue weighted by molar-refractivity contribution is 0.598. The van der Waals surface area contributed by atoms with Gasteiger partial charge in [0.05, 0.1) is 16.5 Å². The molecule has 0 aliphatic carbocycles. The Kier molecular flexibility index (Phi) is 2.38. The van der Waals surface area contributed by atoms with Gasteiger partial charge in [0.2, 0.25) is 10.0 Å². The van der Waals surface area contributed by atoms with E-state index in [4.69, 9.17) is 10.4 Å². The summed E-state index contributed by atoms with van der Waals surface area (Å²) in [5.74, 6) is 0. The fourth-order valence-electron chi connectivity index (χ4n) is 1.57. The van der Waals surface area contributed by atoms with Crippen LogP contribution in [0.15, 0.2) is 41.3 Å². The van der Waals surface area contributed by atoms with Crippen molar-refractivity contribution < 1.29 is 8.42 Å². The average molecular weight is 232 g/mol. The smallest absolute Gasteiger partial charge is 0.225 e. The summed E-state index contributed by atoms with van der Waals surface area (Å²) in [6, 6.07) is 11.6. The molecule has 0 spiro atoms. The second-order valence-electron chi connectivity index (χ2n) is 3.35. The summed E-state index contributed by atoms with van der Waals surface area (Å²) in [4.78, 5) is 0.0782. The van der Waals surface area contributed by atoms with Crippen molar-refractivity contribution in [2.24, 2.45) is 5.14 Å². The van der Waals surface area contributed by atoms with Gasteiger partial charge in [-0.2, -0.15) is 5.26 Å². The van der Waals surface area contributed by atoms with Crippen molar-refractivity contribution in [2.75, 3.05) is 0 Å². The highest BCUT2D eigenvalue weighted by Crippen LogP contribution is 2.22. The van der Waals surface area contributed by atoms with Crippen LogP contribution in [0.1, 0.15) is 5.56 Å². The first-order chi connectivity index (χ1) is 7.52. The number of rotatable bonds is 1. The number of primary sulfonamides is 1. The van der Waals surface area contributed by atoms with Crippen LogP contribution < -0.4 is 5.14 Å². The fourth-order valence-corrected chi connectivity index (χ4v) is 2.33. The molecular weight excluding hydrogens is 224 g/mol. The number of hydrogen-bond donors (Lipinski definition) is 1. The van der Waals surface area contributed by atoms with Crippen LogP contribution in [0.3, 0.4) is 0 Å². The highest BCUT2D eigenvalue weighted by molar-refractivity contribution is 7.89. The van der Waals surface area contributed by atoms with Gasteiger partial charge in [0.1, 0.15) is 0 Å². The molecule has 80 valence electrons. The summed E-state index contributed by atoms with van der Waals surface area (Å²) in [6.07, 6.45) is 0. The van der Waals surface area contributed by atoms with E-state index in [1.165, 1.54) is 6.07 Å². The lowest BCUT2D eigenvalue weighted by atomic mass is 10.1. The number of hydrogen-bond acceptors (Lipinski definition) is 3. The quantitative estimate of drug-likeness (QED) is 0.805. The van der Waals surface area contributed by atoms with Gasteiger partial charge in [0.15, 0.2) is 0 Å². The van der Waals surface area contributed by atoms with E-state index in [-0.39, 0.29) is 4.90 Å². The molecule has 0 saturated carbocycles. The normalized spacial score (nSPS) is 11.2. The largest absolute Gasteiger partial charge is 0.238 e. The van der Waals surface area contributed by atoms with Gasteiger partial charge in [-0.25, -0.2) is 13.6 Å². The predicted octanol–water partition coefficient (Wildman–Crippen LogP) is 1.36. The third kappa shape index (κ3) is 1.76. The van der Waals surface area contributed by atoms with Crippen LogP contribution in [0.5, 0.6) is 0 Å². The van der Waals surface area contributed by atoms with Crippen molar-refractivity contribution in [3.05, 3.63) is 42.0 Å². The number of fused-ring (bicyclic) bond motifs is 1. The van der Waals surface area contributed by atoms with Crippen molar-refractivity contribution in [1.29, 1.82) is 5.26 Å². The first kappa shape index (κ1) is 10.6. The van der Waals surface area contributed by atoms with Crippen LogP contribution in [0.2, 0.25) is 0 Å². The second kappa shape index (κ2) is 3.59. The zero-order chi connectivity index (χ0) is 11.8. The Morgan fingerprint density at radius 1 is 1.19 bits per heavy atom. The van der Waals surface area contributed by atoms with E-state index in [1.54, 1.807) is 30.3 Å². The zero-order valence-corrected chi connectivity index (χ0v) is 9.03. The summed E-state index contributed by atoms with van der Waals surface area (Å²) in [5.41, 5.74) is 0.485. The van der Waals surface area contributed by atoms with Crippen LogP contribution in [-0.2, 0) is 10.0 Å². The van der Waals surface area contributed by atoms with Crippen LogP contribution in [0.4, 0.5) is 0 Å². The Morgan fingerprint density at radius 2 is 1.94 bits per heavy atom. The van der Waals surface area contributed by atoms with Crippen molar-refractivity contribution in [2.45, 2.75) is 4.90 Å². The minimum Gasteiger partial charge on any atom is -0.225 e. The SMILES string of the molecule is N#Cc1ccc2c(S(N)(=O)=O)cccc2c1. The minimum absolute atomic E-state index is 0.0782. The predicted molar refractivity (Wildman–Crippen MR) is 60.0 cm³/mol. The number of nitrogens with two attached hydrogens (primary N) is 1. The lowest BCUT2D eigenvalue weighted by Crippen LogP contribution is -2.12. The Labute approximate surface area is 93.0 Å². The molecule has 0 saturated heterocycles. The van der Waals surface area contributed by atoms with E-state index in [9.17, 15) is 8.42 Å². The van der Waals surface area contributed by atoms with Gasteiger partial charge < -0.3 is 0 Å². The summed E-state index contributed by atoms with van der Waals surface area (Å²) in [7, 11) is -3.73. The maximum Gasteiger partial charge on any atom is 0.238 e. The number of sulfonamides is 1.